The number of amides is 2. The van der Waals surface area contributed by atoms with Crippen LogP contribution in [-0.4, -0.2) is 73.8 Å². The lowest BCUT2D eigenvalue weighted by atomic mass is 9.78. The molecule has 0 unspecified atom stereocenters. The minimum atomic E-state index is -0.809. The van der Waals surface area contributed by atoms with Crippen molar-refractivity contribution in [2.24, 2.45) is 5.92 Å². The fourth-order valence-corrected chi connectivity index (χ4v) is 6.53. The van der Waals surface area contributed by atoms with Gasteiger partial charge in [-0.15, -0.1) is 0 Å². The van der Waals surface area contributed by atoms with E-state index in [0.717, 1.165) is 70.4 Å². The summed E-state index contributed by atoms with van der Waals surface area (Å²) in [5.74, 6) is -0.0585. The van der Waals surface area contributed by atoms with Gasteiger partial charge in [-0.25, -0.2) is 0 Å². The summed E-state index contributed by atoms with van der Waals surface area (Å²) in [5.41, 5.74) is 2.74. The van der Waals surface area contributed by atoms with Gasteiger partial charge in [-0.3, -0.25) is 19.2 Å². The van der Waals surface area contributed by atoms with E-state index in [4.69, 9.17) is 0 Å². The predicted molar refractivity (Wildman–Crippen MR) is 136 cm³/mol. The van der Waals surface area contributed by atoms with Gasteiger partial charge in [0.25, 0.3) is 0 Å². The number of unbranched alkanes of at least 4 members (excludes halogenated alkanes) is 1. The van der Waals surface area contributed by atoms with Gasteiger partial charge in [-0.2, -0.15) is 5.10 Å². The third kappa shape index (κ3) is 5.01. The van der Waals surface area contributed by atoms with E-state index in [1.807, 2.05) is 9.58 Å². The molecule has 2 saturated heterocycles. The average Bonchev–Trinajstić information content (AvgIpc) is 3.15. The molecule has 2 aliphatic heterocycles. The van der Waals surface area contributed by atoms with Gasteiger partial charge in [-0.05, 0) is 58.8 Å². The molecular formula is C27H45N5O3. The third-order valence-corrected chi connectivity index (χ3v) is 8.86. The molecule has 0 radical (unpaired) electrons. The molecule has 1 aromatic heterocycles. The first kappa shape index (κ1) is 26.1. The Bertz CT molecular complexity index is 899. The van der Waals surface area contributed by atoms with E-state index in [-0.39, 0.29) is 17.7 Å². The predicted octanol–water partition coefficient (Wildman–Crippen LogP) is 2.92. The Morgan fingerprint density at radius 2 is 1.80 bits per heavy atom. The van der Waals surface area contributed by atoms with Crippen LogP contribution in [-0.2, 0) is 22.7 Å². The Balaban J connectivity index is 1.49. The van der Waals surface area contributed by atoms with E-state index >= 15 is 0 Å². The van der Waals surface area contributed by atoms with E-state index in [1.54, 1.807) is 0 Å². The molecule has 4 rings (SSSR count). The van der Waals surface area contributed by atoms with Crippen molar-refractivity contribution in [3.63, 3.8) is 0 Å². The molecule has 3 fully saturated rings. The fourth-order valence-electron chi connectivity index (χ4n) is 6.53. The maximum atomic E-state index is 13.8. The minimum absolute atomic E-state index is 0.0705. The molecule has 8 nitrogen and oxygen atoms in total. The number of aryl methyl sites for hydroxylation is 2. The molecule has 1 saturated carbocycles. The maximum absolute atomic E-state index is 13.8. The Morgan fingerprint density at radius 1 is 1.11 bits per heavy atom. The zero-order chi connectivity index (χ0) is 25.2. The Labute approximate surface area is 210 Å². The normalized spacial score (nSPS) is 24.7. The van der Waals surface area contributed by atoms with Gasteiger partial charge in [0.2, 0.25) is 11.8 Å². The van der Waals surface area contributed by atoms with Gasteiger partial charge in [0.15, 0.2) is 0 Å². The lowest BCUT2D eigenvalue weighted by Crippen LogP contribution is -2.75. The number of aromatic nitrogens is 2. The standard InChI is InChI=1S/C27H45N5O3/c1-5-7-15-31-25(34)23(24(33)21-11-9-8-10-12-21)28-26(35)27(31)13-16-30(17-14-27)18-22-19(3)29-32(6-2)20(22)4/h21,23-24,33H,5-18H2,1-4H3,(H,28,35)/t23-,24-/m1/s1. The summed E-state index contributed by atoms with van der Waals surface area (Å²) in [5, 5.41) is 18.8. The number of piperazine rings is 1. The molecule has 196 valence electrons. The monoisotopic (exact) mass is 487 g/mol. The van der Waals surface area contributed by atoms with Gasteiger partial charge in [0.1, 0.15) is 11.6 Å². The molecule has 1 spiro atoms. The van der Waals surface area contributed by atoms with Crippen LogP contribution >= 0.6 is 0 Å². The van der Waals surface area contributed by atoms with E-state index in [2.05, 4.69) is 43.0 Å². The van der Waals surface area contributed by atoms with Gasteiger partial charge in [-0.1, -0.05) is 32.6 Å². The summed E-state index contributed by atoms with van der Waals surface area (Å²) in [4.78, 5) is 31.7. The molecule has 2 amide bonds. The Kier molecular flexibility index (Phi) is 8.21. The van der Waals surface area contributed by atoms with Crippen molar-refractivity contribution in [1.29, 1.82) is 0 Å². The van der Waals surface area contributed by atoms with Crippen LogP contribution in [0.15, 0.2) is 0 Å². The van der Waals surface area contributed by atoms with Crippen LogP contribution in [0.25, 0.3) is 0 Å². The number of hydrogen-bond acceptors (Lipinski definition) is 5. The highest BCUT2D eigenvalue weighted by Crippen LogP contribution is 2.36. The molecular weight excluding hydrogens is 442 g/mol. The van der Waals surface area contributed by atoms with Gasteiger partial charge in [0.05, 0.1) is 11.8 Å². The Hall–Kier alpha value is -1.93. The van der Waals surface area contributed by atoms with Crippen LogP contribution in [0.2, 0.25) is 0 Å². The summed E-state index contributed by atoms with van der Waals surface area (Å²) in [6.07, 6.45) is 7.52. The number of aliphatic hydroxyl groups is 1. The maximum Gasteiger partial charge on any atom is 0.248 e. The molecule has 0 aromatic carbocycles. The number of likely N-dealkylation sites (tertiary alicyclic amines) is 1. The van der Waals surface area contributed by atoms with Crippen LogP contribution in [0, 0.1) is 19.8 Å². The summed E-state index contributed by atoms with van der Waals surface area (Å²) >= 11 is 0. The first-order valence-electron chi connectivity index (χ1n) is 13.9. The number of carbonyl (C=O) groups excluding carboxylic acids is 2. The Morgan fingerprint density at radius 3 is 2.40 bits per heavy atom. The van der Waals surface area contributed by atoms with Crippen LogP contribution in [0.1, 0.15) is 88.6 Å². The lowest BCUT2D eigenvalue weighted by molar-refractivity contribution is -0.166. The quantitative estimate of drug-likeness (QED) is 0.588. The highest BCUT2D eigenvalue weighted by atomic mass is 16.3. The number of rotatable bonds is 8. The SMILES string of the molecule is CCCCN1C(=O)[C@@H]([C@H](O)C2CCCCC2)NC(=O)C12CCN(Cc1c(C)nn(CC)c1C)CC2. The summed E-state index contributed by atoms with van der Waals surface area (Å²) in [6.45, 7) is 12.2. The van der Waals surface area contributed by atoms with E-state index in [0.29, 0.717) is 19.4 Å². The van der Waals surface area contributed by atoms with Crippen LogP contribution in [0.3, 0.4) is 0 Å². The minimum Gasteiger partial charge on any atom is -0.390 e. The number of hydrogen-bond donors (Lipinski definition) is 2. The second-order valence-corrected chi connectivity index (χ2v) is 11.0. The first-order chi connectivity index (χ1) is 16.8. The van der Waals surface area contributed by atoms with E-state index in [1.165, 1.54) is 17.7 Å². The summed E-state index contributed by atoms with van der Waals surface area (Å²) in [7, 11) is 0. The van der Waals surface area contributed by atoms with Crippen LogP contribution < -0.4 is 5.32 Å². The van der Waals surface area contributed by atoms with E-state index < -0.39 is 17.7 Å². The molecule has 8 heteroatoms. The number of nitrogens with one attached hydrogen (secondary N) is 1. The number of aliphatic hydroxyl groups excluding tert-OH is 1. The van der Waals surface area contributed by atoms with Crippen molar-refractivity contribution in [2.45, 2.75) is 116 Å². The summed E-state index contributed by atoms with van der Waals surface area (Å²) < 4.78 is 2.05. The van der Waals surface area contributed by atoms with Crippen molar-refractivity contribution >= 4 is 11.8 Å². The van der Waals surface area contributed by atoms with Crippen molar-refractivity contribution in [2.75, 3.05) is 19.6 Å². The largest absolute Gasteiger partial charge is 0.390 e. The van der Waals surface area contributed by atoms with Crippen molar-refractivity contribution in [3.05, 3.63) is 17.0 Å². The smallest absolute Gasteiger partial charge is 0.248 e. The molecule has 2 N–H and O–H groups in total. The highest BCUT2D eigenvalue weighted by Gasteiger charge is 2.55. The molecule has 0 bridgehead atoms. The highest BCUT2D eigenvalue weighted by molar-refractivity contribution is 6.00. The van der Waals surface area contributed by atoms with Gasteiger partial charge in [0, 0.05) is 44.0 Å². The van der Waals surface area contributed by atoms with E-state index in [9.17, 15) is 14.7 Å². The fraction of sp³-hybridized carbons (Fsp3) is 0.815. The van der Waals surface area contributed by atoms with Crippen LogP contribution in [0.4, 0.5) is 0 Å². The molecule has 35 heavy (non-hydrogen) atoms. The molecule has 2 atom stereocenters. The van der Waals surface area contributed by atoms with Crippen LogP contribution in [0.5, 0.6) is 0 Å². The van der Waals surface area contributed by atoms with Gasteiger partial charge < -0.3 is 15.3 Å². The lowest BCUT2D eigenvalue weighted by Gasteiger charge is -2.52. The first-order valence-corrected chi connectivity index (χ1v) is 13.9. The molecule has 3 heterocycles. The second-order valence-electron chi connectivity index (χ2n) is 11.0. The molecule has 3 aliphatic rings. The number of piperidine rings is 1. The van der Waals surface area contributed by atoms with Gasteiger partial charge >= 0.3 is 0 Å². The van der Waals surface area contributed by atoms with Crippen molar-refractivity contribution in [1.82, 2.24) is 24.9 Å². The average molecular weight is 488 g/mol. The zero-order valence-corrected chi connectivity index (χ0v) is 22.2. The molecule has 1 aromatic rings. The number of nitrogens with zero attached hydrogens (tertiary/aromatic N) is 4. The third-order valence-electron chi connectivity index (χ3n) is 8.86. The van der Waals surface area contributed by atoms with Crippen molar-refractivity contribution in [3.8, 4) is 0 Å². The van der Waals surface area contributed by atoms with Crippen molar-refractivity contribution < 1.29 is 14.7 Å². The second kappa shape index (κ2) is 11.0. The summed E-state index contributed by atoms with van der Waals surface area (Å²) in [6, 6.07) is -0.809. The number of carbonyl (C=O) groups is 2. The topological polar surface area (TPSA) is 90.7 Å². The zero-order valence-electron chi connectivity index (χ0n) is 22.2. The molecule has 1 aliphatic carbocycles.